The number of hydrogen-bond acceptors (Lipinski definition) is 5. The maximum absolute atomic E-state index is 12.1. The van der Waals surface area contributed by atoms with Gasteiger partial charge in [0.2, 0.25) is 11.8 Å². The molecule has 0 radical (unpaired) electrons. The molecule has 0 saturated carbocycles. The largest absolute Gasteiger partial charge is 0.508 e. The van der Waals surface area contributed by atoms with E-state index in [9.17, 15) is 14.7 Å². The van der Waals surface area contributed by atoms with Crippen molar-refractivity contribution >= 4 is 51.7 Å². The Morgan fingerprint density at radius 1 is 1.28 bits per heavy atom. The van der Waals surface area contributed by atoms with E-state index < -0.39 is 5.25 Å². The number of phenolic OH excluding ortho intramolecular Hbond substituents is 1. The molecule has 0 aromatic heterocycles. The minimum absolute atomic E-state index is 0.0260. The average Bonchev–Trinajstić information content (AvgIpc) is 2.89. The van der Waals surface area contributed by atoms with Gasteiger partial charge in [0.1, 0.15) is 11.0 Å². The fourth-order valence-corrected chi connectivity index (χ4v) is 3.30. The molecular weight excluding hydrogens is 362 g/mol. The molecule has 3 N–H and O–H groups in total. The summed E-state index contributed by atoms with van der Waals surface area (Å²) >= 11 is 6.99. The molecule has 1 saturated heterocycles. The van der Waals surface area contributed by atoms with Crippen molar-refractivity contribution in [1.29, 1.82) is 0 Å². The molecule has 1 atom stereocenters. The highest BCUT2D eigenvalue weighted by atomic mass is 35.5. The fourth-order valence-electron chi connectivity index (χ4n) is 2.19. The average molecular weight is 376 g/mol. The van der Waals surface area contributed by atoms with E-state index in [0.717, 1.165) is 0 Å². The van der Waals surface area contributed by atoms with Crippen molar-refractivity contribution in [3.8, 4) is 5.75 Å². The Morgan fingerprint density at radius 3 is 2.76 bits per heavy atom. The van der Waals surface area contributed by atoms with Gasteiger partial charge in [0.25, 0.3) is 0 Å². The number of amides is 2. The van der Waals surface area contributed by atoms with Crippen LogP contribution in [0.1, 0.15) is 6.42 Å². The van der Waals surface area contributed by atoms with Crippen LogP contribution in [0.4, 0.5) is 11.4 Å². The SMILES string of the molecule is O=C(C[C@H]1SC(=Nc2cccc(O)c2)NC1=O)Nc1ccc(Cl)cc1. The lowest BCUT2D eigenvalue weighted by atomic mass is 10.2. The Labute approximate surface area is 153 Å². The van der Waals surface area contributed by atoms with Gasteiger partial charge >= 0.3 is 0 Å². The number of carbonyl (C=O) groups excluding carboxylic acids is 2. The lowest BCUT2D eigenvalue weighted by Crippen LogP contribution is -2.28. The second-order valence-corrected chi connectivity index (χ2v) is 6.92. The lowest BCUT2D eigenvalue weighted by Gasteiger charge is -2.07. The van der Waals surface area contributed by atoms with Crippen molar-refractivity contribution in [2.75, 3.05) is 5.32 Å². The zero-order valence-corrected chi connectivity index (χ0v) is 14.5. The molecule has 2 aromatic carbocycles. The van der Waals surface area contributed by atoms with Crippen molar-refractivity contribution < 1.29 is 14.7 Å². The van der Waals surface area contributed by atoms with Crippen LogP contribution in [0.25, 0.3) is 0 Å². The third-order valence-corrected chi connectivity index (χ3v) is 4.67. The standard InChI is InChI=1S/C17H14ClN3O3S/c18-10-4-6-11(7-5-10)19-15(23)9-14-16(24)21-17(25-14)20-12-2-1-3-13(22)8-12/h1-8,14,22H,9H2,(H,19,23)(H,20,21,24)/t14-/m1/s1. The van der Waals surface area contributed by atoms with E-state index in [-0.39, 0.29) is 24.0 Å². The first-order valence-electron chi connectivity index (χ1n) is 7.40. The number of carbonyl (C=O) groups is 2. The number of rotatable bonds is 4. The number of anilines is 1. The molecular formula is C17H14ClN3O3S. The zero-order valence-electron chi connectivity index (χ0n) is 12.9. The molecule has 1 fully saturated rings. The number of phenols is 1. The number of thioether (sulfide) groups is 1. The molecule has 2 amide bonds. The zero-order chi connectivity index (χ0) is 17.8. The second-order valence-electron chi connectivity index (χ2n) is 5.29. The molecule has 8 heteroatoms. The van der Waals surface area contributed by atoms with Crippen LogP contribution in [0.5, 0.6) is 5.75 Å². The van der Waals surface area contributed by atoms with Crippen LogP contribution < -0.4 is 10.6 Å². The maximum atomic E-state index is 12.1. The normalized spacial score (nSPS) is 18.2. The van der Waals surface area contributed by atoms with Gasteiger partial charge in [0.15, 0.2) is 5.17 Å². The van der Waals surface area contributed by atoms with Crippen molar-refractivity contribution in [1.82, 2.24) is 5.32 Å². The van der Waals surface area contributed by atoms with E-state index in [0.29, 0.717) is 21.6 Å². The number of benzene rings is 2. The van der Waals surface area contributed by atoms with E-state index in [1.165, 1.54) is 23.9 Å². The number of nitrogens with zero attached hydrogens (tertiary/aromatic N) is 1. The quantitative estimate of drug-likeness (QED) is 0.764. The number of nitrogens with one attached hydrogen (secondary N) is 2. The van der Waals surface area contributed by atoms with Gasteiger partial charge in [-0.25, -0.2) is 4.99 Å². The third-order valence-electron chi connectivity index (χ3n) is 3.34. The van der Waals surface area contributed by atoms with Gasteiger partial charge in [-0.3, -0.25) is 9.59 Å². The summed E-state index contributed by atoms with van der Waals surface area (Å²) in [5, 5.41) is 15.2. The number of aromatic hydroxyl groups is 1. The highest BCUT2D eigenvalue weighted by molar-refractivity contribution is 8.15. The Morgan fingerprint density at radius 2 is 2.04 bits per heavy atom. The second kappa shape index (κ2) is 7.58. The number of halogens is 1. The molecule has 3 rings (SSSR count). The van der Waals surface area contributed by atoms with Crippen molar-refractivity contribution in [2.45, 2.75) is 11.7 Å². The lowest BCUT2D eigenvalue weighted by molar-refractivity contribution is -0.122. The minimum atomic E-state index is -0.552. The summed E-state index contributed by atoms with van der Waals surface area (Å²) in [6.07, 6.45) is 0.0260. The Hall–Kier alpha value is -2.51. The summed E-state index contributed by atoms with van der Waals surface area (Å²) in [5.41, 5.74) is 1.14. The summed E-state index contributed by atoms with van der Waals surface area (Å²) in [7, 11) is 0. The topological polar surface area (TPSA) is 90.8 Å². The van der Waals surface area contributed by atoms with Crippen LogP contribution in [0.3, 0.4) is 0 Å². The molecule has 0 bridgehead atoms. The number of amidine groups is 1. The van der Waals surface area contributed by atoms with Crippen molar-refractivity contribution in [2.24, 2.45) is 4.99 Å². The molecule has 0 aliphatic carbocycles. The first-order valence-corrected chi connectivity index (χ1v) is 8.66. The number of hydrogen-bond donors (Lipinski definition) is 3. The third kappa shape index (κ3) is 4.74. The monoisotopic (exact) mass is 375 g/mol. The van der Waals surface area contributed by atoms with Crippen LogP contribution in [0, 0.1) is 0 Å². The van der Waals surface area contributed by atoms with Gasteiger partial charge in [-0.2, -0.15) is 0 Å². The molecule has 25 heavy (non-hydrogen) atoms. The van der Waals surface area contributed by atoms with Crippen molar-refractivity contribution in [3.05, 3.63) is 53.6 Å². The van der Waals surface area contributed by atoms with Gasteiger partial charge in [0.05, 0.1) is 5.69 Å². The molecule has 2 aromatic rings. The summed E-state index contributed by atoms with van der Waals surface area (Å²) < 4.78 is 0. The molecule has 1 aliphatic heterocycles. The van der Waals surface area contributed by atoms with E-state index in [4.69, 9.17) is 11.6 Å². The van der Waals surface area contributed by atoms with Gasteiger partial charge < -0.3 is 15.7 Å². The van der Waals surface area contributed by atoms with E-state index in [2.05, 4.69) is 15.6 Å². The van der Waals surface area contributed by atoms with Crippen LogP contribution in [-0.2, 0) is 9.59 Å². The Bertz CT molecular complexity index is 839. The smallest absolute Gasteiger partial charge is 0.240 e. The van der Waals surface area contributed by atoms with Crippen LogP contribution in [-0.4, -0.2) is 27.3 Å². The summed E-state index contributed by atoms with van der Waals surface area (Å²) in [4.78, 5) is 28.4. The van der Waals surface area contributed by atoms with E-state index >= 15 is 0 Å². The van der Waals surface area contributed by atoms with Crippen molar-refractivity contribution in [3.63, 3.8) is 0 Å². The highest BCUT2D eigenvalue weighted by Gasteiger charge is 2.32. The highest BCUT2D eigenvalue weighted by Crippen LogP contribution is 2.27. The molecule has 0 unspecified atom stereocenters. The van der Waals surface area contributed by atoms with Gasteiger partial charge in [-0.05, 0) is 36.4 Å². The van der Waals surface area contributed by atoms with Gasteiger partial charge in [-0.15, -0.1) is 0 Å². The first kappa shape index (κ1) is 17.3. The molecule has 6 nitrogen and oxygen atoms in total. The molecule has 1 heterocycles. The fraction of sp³-hybridized carbons (Fsp3) is 0.118. The number of aliphatic imine (C=N–C) groups is 1. The van der Waals surface area contributed by atoms with Crippen LogP contribution >= 0.6 is 23.4 Å². The maximum Gasteiger partial charge on any atom is 0.240 e. The van der Waals surface area contributed by atoms with Crippen LogP contribution in [0.2, 0.25) is 5.02 Å². The molecule has 0 spiro atoms. The summed E-state index contributed by atoms with van der Waals surface area (Å²) in [6, 6.07) is 13.1. The molecule has 1 aliphatic rings. The van der Waals surface area contributed by atoms with Crippen LogP contribution in [0.15, 0.2) is 53.5 Å². The van der Waals surface area contributed by atoms with Gasteiger partial charge in [0, 0.05) is 23.2 Å². The predicted molar refractivity (Wildman–Crippen MR) is 99.4 cm³/mol. The molecule has 128 valence electrons. The minimum Gasteiger partial charge on any atom is -0.508 e. The first-order chi connectivity index (χ1) is 12.0. The Kier molecular flexibility index (Phi) is 5.25. The van der Waals surface area contributed by atoms with Gasteiger partial charge in [-0.1, -0.05) is 29.4 Å². The van der Waals surface area contributed by atoms with E-state index in [1.807, 2.05) is 0 Å². The summed E-state index contributed by atoms with van der Waals surface area (Å²) in [6.45, 7) is 0. The van der Waals surface area contributed by atoms with E-state index in [1.54, 1.807) is 36.4 Å². The Balaban J connectivity index is 1.61. The predicted octanol–water partition coefficient (Wildman–Crippen LogP) is 3.29. The summed E-state index contributed by atoms with van der Waals surface area (Å²) in [5.74, 6) is -0.446.